The Labute approximate surface area is 158 Å². The van der Waals surface area contributed by atoms with Gasteiger partial charge in [-0.25, -0.2) is 4.79 Å². The molecule has 1 N–H and O–H groups in total. The quantitative estimate of drug-likeness (QED) is 0.761. The molecule has 140 valence electrons. The van der Waals surface area contributed by atoms with Gasteiger partial charge in [0.1, 0.15) is 11.7 Å². The van der Waals surface area contributed by atoms with Gasteiger partial charge in [0.25, 0.3) is 0 Å². The first-order valence-electron chi connectivity index (χ1n) is 8.98. The van der Waals surface area contributed by atoms with Crippen molar-refractivity contribution in [3.63, 3.8) is 0 Å². The number of carbonyl (C=O) groups excluding carboxylic acids is 2. The molecule has 2 heterocycles. The minimum Gasteiger partial charge on any atom is -0.464 e. The molecule has 2 aromatic rings. The Kier molecular flexibility index (Phi) is 6.20. The van der Waals surface area contributed by atoms with Crippen molar-refractivity contribution in [2.45, 2.75) is 25.3 Å². The van der Waals surface area contributed by atoms with Crippen LogP contribution in [0.3, 0.4) is 0 Å². The normalized spacial score (nSPS) is 16.5. The van der Waals surface area contributed by atoms with Crippen molar-refractivity contribution in [1.29, 1.82) is 0 Å². The van der Waals surface area contributed by atoms with Crippen LogP contribution in [0.2, 0.25) is 0 Å². The van der Waals surface area contributed by atoms with Gasteiger partial charge < -0.3 is 15.0 Å². The lowest BCUT2D eigenvalue weighted by Gasteiger charge is -2.34. The van der Waals surface area contributed by atoms with Gasteiger partial charge in [0.15, 0.2) is 0 Å². The lowest BCUT2D eigenvalue weighted by molar-refractivity contribution is -0.139. The van der Waals surface area contributed by atoms with Gasteiger partial charge in [-0.3, -0.25) is 9.78 Å². The van der Waals surface area contributed by atoms with Gasteiger partial charge in [0, 0.05) is 31.1 Å². The predicted octanol–water partition coefficient (Wildman–Crippen LogP) is 2.07. The number of nitrogens with zero attached hydrogens (tertiary/aromatic N) is 2. The van der Waals surface area contributed by atoms with Crippen LogP contribution in [0.25, 0.3) is 0 Å². The number of hydrogen-bond acceptors (Lipinski definition) is 5. The summed E-state index contributed by atoms with van der Waals surface area (Å²) in [7, 11) is 1.30. The number of hydrogen-bond donors (Lipinski definition) is 1. The number of esters is 1. The van der Waals surface area contributed by atoms with E-state index in [1.807, 2.05) is 41.3 Å². The van der Waals surface area contributed by atoms with E-state index in [4.69, 9.17) is 4.74 Å². The number of carbonyl (C=O) groups is 2. The Bertz CT molecular complexity index is 806. The van der Waals surface area contributed by atoms with Gasteiger partial charge in [-0.15, -0.1) is 0 Å². The van der Waals surface area contributed by atoms with E-state index in [0.29, 0.717) is 19.4 Å². The zero-order valence-electron chi connectivity index (χ0n) is 15.3. The Morgan fingerprint density at radius 2 is 1.93 bits per heavy atom. The van der Waals surface area contributed by atoms with Gasteiger partial charge in [0.2, 0.25) is 5.91 Å². The summed E-state index contributed by atoms with van der Waals surface area (Å²) in [6.45, 7) is 0.588. The topological polar surface area (TPSA) is 71.5 Å². The second-order valence-electron chi connectivity index (χ2n) is 6.37. The van der Waals surface area contributed by atoms with Crippen LogP contribution in [-0.2, 0) is 27.2 Å². The average molecular weight is 365 g/mol. The number of pyridine rings is 1. The van der Waals surface area contributed by atoms with E-state index in [1.165, 1.54) is 12.7 Å². The fraction of sp³-hybridized carbons (Fsp3) is 0.286. The number of ether oxygens (including phenoxy) is 1. The van der Waals surface area contributed by atoms with Crippen LogP contribution in [0.15, 0.2) is 66.6 Å². The number of rotatable bonds is 7. The van der Waals surface area contributed by atoms with E-state index < -0.39 is 5.97 Å². The molecule has 0 spiro atoms. The summed E-state index contributed by atoms with van der Waals surface area (Å²) >= 11 is 0. The van der Waals surface area contributed by atoms with E-state index >= 15 is 0 Å². The molecule has 0 bridgehead atoms. The van der Waals surface area contributed by atoms with Crippen molar-refractivity contribution >= 4 is 11.9 Å². The zero-order chi connectivity index (χ0) is 19.1. The van der Waals surface area contributed by atoms with Crippen LogP contribution in [0.5, 0.6) is 0 Å². The van der Waals surface area contributed by atoms with Crippen LogP contribution in [0.1, 0.15) is 17.7 Å². The molecule has 1 atom stereocenters. The molecule has 1 aromatic heterocycles. The highest BCUT2D eigenvalue weighted by molar-refractivity contribution is 5.96. The molecular weight excluding hydrogens is 342 g/mol. The summed E-state index contributed by atoms with van der Waals surface area (Å²) < 4.78 is 4.75. The van der Waals surface area contributed by atoms with Crippen molar-refractivity contribution in [1.82, 2.24) is 15.2 Å². The second kappa shape index (κ2) is 8.98. The zero-order valence-corrected chi connectivity index (χ0v) is 15.3. The molecule has 3 rings (SSSR count). The first kappa shape index (κ1) is 18.6. The van der Waals surface area contributed by atoms with Crippen LogP contribution in [0.4, 0.5) is 0 Å². The third kappa shape index (κ3) is 4.94. The molecular formula is C21H23N3O3. The van der Waals surface area contributed by atoms with Crippen LogP contribution in [-0.4, -0.2) is 41.5 Å². The van der Waals surface area contributed by atoms with Crippen molar-refractivity contribution in [2.75, 3.05) is 13.7 Å². The molecule has 27 heavy (non-hydrogen) atoms. The van der Waals surface area contributed by atoms with Crippen LogP contribution >= 0.6 is 0 Å². The Morgan fingerprint density at radius 3 is 2.63 bits per heavy atom. The summed E-state index contributed by atoms with van der Waals surface area (Å²) in [5.41, 5.74) is 2.29. The molecule has 1 unspecified atom stereocenters. The lowest BCUT2D eigenvalue weighted by atomic mass is 10.0. The number of methoxy groups -OCH3 is 1. The number of aryl methyl sites for hydroxylation is 1. The summed E-state index contributed by atoms with van der Waals surface area (Å²) in [5, 5.41) is 2.67. The monoisotopic (exact) mass is 365 g/mol. The van der Waals surface area contributed by atoms with Crippen LogP contribution in [0, 0.1) is 0 Å². The maximum absolute atomic E-state index is 12.7. The summed E-state index contributed by atoms with van der Waals surface area (Å²) in [6.07, 6.45) is 5.55. The minimum absolute atomic E-state index is 0.166. The van der Waals surface area contributed by atoms with Gasteiger partial charge in [0.05, 0.1) is 7.11 Å². The highest BCUT2D eigenvalue weighted by atomic mass is 16.5. The minimum atomic E-state index is -0.548. The van der Waals surface area contributed by atoms with Gasteiger partial charge in [-0.05, 0) is 30.5 Å². The van der Waals surface area contributed by atoms with Gasteiger partial charge in [-0.2, -0.15) is 0 Å². The fourth-order valence-electron chi connectivity index (χ4n) is 3.12. The lowest BCUT2D eigenvalue weighted by Crippen LogP contribution is -2.51. The molecule has 0 radical (unpaired) electrons. The van der Waals surface area contributed by atoms with Crippen molar-refractivity contribution < 1.29 is 14.3 Å². The maximum atomic E-state index is 12.7. The maximum Gasteiger partial charge on any atom is 0.356 e. The Balaban J connectivity index is 1.74. The van der Waals surface area contributed by atoms with E-state index in [9.17, 15) is 9.59 Å². The molecule has 1 aromatic carbocycles. The van der Waals surface area contributed by atoms with E-state index in [0.717, 1.165) is 12.1 Å². The molecule has 6 heteroatoms. The SMILES string of the molecule is COC(=O)C1=CN(CCc2ccccn2)C(CCc2ccccc2)C(=O)N1. The number of benzene rings is 1. The molecule has 6 nitrogen and oxygen atoms in total. The summed E-state index contributed by atoms with van der Waals surface area (Å²) in [6, 6.07) is 15.5. The van der Waals surface area contributed by atoms with Crippen LogP contribution < -0.4 is 5.32 Å². The molecule has 0 fully saturated rings. The highest BCUT2D eigenvalue weighted by Gasteiger charge is 2.31. The van der Waals surface area contributed by atoms with Crippen molar-refractivity contribution in [2.24, 2.45) is 0 Å². The number of aromatic nitrogens is 1. The third-order valence-corrected chi connectivity index (χ3v) is 4.56. The molecule has 1 aliphatic rings. The van der Waals surface area contributed by atoms with E-state index in [2.05, 4.69) is 22.4 Å². The molecule has 0 saturated heterocycles. The average Bonchev–Trinajstić information content (AvgIpc) is 2.72. The van der Waals surface area contributed by atoms with Gasteiger partial charge >= 0.3 is 5.97 Å². The van der Waals surface area contributed by atoms with Crippen molar-refractivity contribution in [3.05, 3.63) is 77.9 Å². The second-order valence-corrected chi connectivity index (χ2v) is 6.37. The third-order valence-electron chi connectivity index (χ3n) is 4.56. The van der Waals surface area contributed by atoms with Crippen molar-refractivity contribution in [3.8, 4) is 0 Å². The smallest absolute Gasteiger partial charge is 0.356 e. The Hall–Kier alpha value is -3.15. The molecule has 0 saturated carbocycles. The molecule has 1 amide bonds. The predicted molar refractivity (Wildman–Crippen MR) is 101 cm³/mol. The fourth-order valence-corrected chi connectivity index (χ4v) is 3.12. The number of nitrogens with one attached hydrogen (secondary N) is 1. The molecule has 1 aliphatic heterocycles. The van der Waals surface area contributed by atoms with Gasteiger partial charge in [-0.1, -0.05) is 36.4 Å². The first-order valence-corrected chi connectivity index (χ1v) is 8.98. The largest absolute Gasteiger partial charge is 0.464 e. The standard InChI is InChI=1S/C21H23N3O3/c1-27-21(26)18-15-24(14-12-17-9-5-6-13-22-17)19(20(25)23-18)11-10-16-7-3-2-4-8-16/h2-9,13,15,19H,10-12,14H2,1H3,(H,23,25). The molecule has 0 aliphatic carbocycles. The summed E-state index contributed by atoms with van der Waals surface area (Å²) in [5.74, 6) is -0.734. The highest BCUT2D eigenvalue weighted by Crippen LogP contribution is 2.17. The summed E-state index contributed by atoms with van der Waals surface area (Å²) in [4.78, 5) is 30.8. The number of amides is 1. The Morgan fingerprint density at radius 1 is 1.15 bits per heavy atom. The van der Waals surface area contributed by atoms with E-state index in [-0.39, 0.29) is 17.6 Å². The first-order chi connectivity index (χ1) is 13.2. The van der Waals surface area contributed by atoms with E-state index in [1.54, 1.807) is 12.4 Å².